The van der Waals surface area contributed by atoms with Crippen molar-refractivity contribution in [3.05, 3.63) is 29.8 Å². The van der Waals surface area contributed by atoms with Crippen molar-refractivity contribution in [3.8, 4) is 5.75 Å². The van der Waals surface area contributed by atoms with Crippen LogP contribution in [-0.2, 0) is 5.41 Å². The Balaban J connectivity index is 2.87. The number of hydrogen-bond acceptors (Lipinski definition) is 1. The van der Waals surface area contributed by atoms with Crippen LogP contribution in [0.4, 0.5) is 8.78 Å². The summed E-state index contributed by atoms with van der Waals surface area (Å²) in [5.41, 5.74) is 0.851. The molecule has 1 aromatic rings. The van der Waals surface area contributed by atoms with Gasteiger partial charge < -0.3 is 4.74 Å². The highest BCUT2D eigenvalue weighted by Crippen LogP contribution is 2.30. The van der Waals surface area contributed by atoms with Crippen molar-refractivity contribution in [2.45, 2.75) is 32.6 Å². The summed E-state index contributed by atoms with van der Waals surface area (Å²) in [6.45, 7) is 5.53. The number of halogens is 2. The highest BCUT2D eigenvalue weighted by atomic mass is 19.3. The van der Waals surface area contributed by atoms with Crippen LogP contribution in [0.5, 0.6) is 5.75 Å². The number of rotatable bonds is 3. The first kappa shape index (κ1) is 12.0. The molecule has 0 heterocycles. The van der Waals surface area contributed by atoms with Crippen LogP contribution in [0.15, 0.2) is 24.3 Å². The SMILES string of the molecule is CC(C)(C)c1ccccc1OCC(F)F. The van der Waals surface area contributed by atoms with Crippen LogP contribution < -0.4 is 4.74 Å². The molecule has 84 valence electrons. The van der Waals surface area contributed by atoms with Crippen LogP contribution in [0, 0.1) is 0 Å². The molecule has 0 N–H and O–H groups in total. The number of hydrogen-bond donors (Lipinski definition) is 0. The molecular formula is C12H16F2O. The van der Waals surface area contributed by atoms with Crippen LogP contribution >= 0.6 is 0 Å². The molecule has 1 rings (SSSR count). The lowest BCUT2D eigenvalue weighted by Crippen LogP contribution is -2.15. The molecule has 0 unspecified atom stereocenters. The zero-order valence-electron chi connectivity index (χ0n) is 9.26. The van der Waals surface area contributed by atoms with E-state index in [9.17, 15) is 8.78 Å². The maximum absolute atomic E-state index is 12.0. The van der Waals surface area contributed by atoms with E-state index in [-0.39, 0.29) is 5.41 Å². The van der Waals surface area contributed by atoms with Crippen molar-refractivity contribution < 1.29 is 13.5 Å². The molecule has 0 aliphatic carbocycles. The highest BCUT2D eigenvalue weighted by Gasteiger charge is 2.18. The third-order valence-corrected chi connectivity index (χ3v) is 2.06. The van der Waals surface area contributed by atoms with Gasteiger partial charge in [0.25, 0.3) is 6.43 Å². The largest absolute Gasteiger partial charge is 0.487 e. The molecule has 3 heteroatoms. The third-order valence-electron chi connectivity index (χ3n) is 2.06. The molecule has 0 radical (unpaired) electrons. The molecule has 0 atom stereocenters. The van der Waals surface area contributed by atoms with Crippen LogP contribution in [0.25, 0.3) is 0 Å². The fourth-order valence-corrected chi connectivity index (χ4v) is 1.36. The first-order chi connectivity index (χ1) is 6.91. The van der Waals surface area contributed by atoms with Crippen LogP contribution in [0.1, 0.15) is 26.3 Å². The first-order valence-electron chi connectivity index (χ1n) is 4.91. The van der Waals surface area contributed by atoms with Gasteiger partial charge in [-0.1, -0.05) is 39.0 Å². The van der Waals surface area contributed by atoms with E-state index in [2.05, 4.69) is 0 Å². The van der Waals surface area contributed by atoms with E-state index in [1.165, 1.54) is 0 Å². The highest BCUT2D eigenvalue weighted by molar-refractivity contribution is 5.38. The second-order valence-corrected chi connectivity index (χ2v) is 4.45. The van der Waals surface area contributed by atoms with Gasteiger partial charge in [0.15, 0.2) is 0 Å². The molecule has 1 nitrogen and oxygen atoms in total. The first-order valence-corrected chi connectivity index (χ1v) is 4.91. The second kappa shape index (κ2) is 4.60. The van der Waals surface area contributed by atoms with Gasteiger partial charge in [0.1, 0.15) is 12.4 Å². The third kappa shape index (κ3) is 3.50. The molecule has 15 heavy (non-hydrogen) atoms. The van der Waals surface area contributed by atoms with Crippen molar-refractivity contribution in [2.24, 2.45) is 0 Å². The monoisotopic (exact) mass is 214 g/mol. The summed E-state index contributed by atoms with van der Waals surface area (Å²) < 4.78 is 29.1. The molecule has 0 spiro atoms. The minimum absolute atomic E-state index is 0.0985. The quantitative estimate of drug-likeness (QED) is 0.746. The van der Waals surface area contributed by atoms with Crippen molar-refractivity contribution in [2.75, 3.05) is 6.61 Å². The lowest BCUT2D eigenvalue weighted by molar-refractivity contribution is 0.0809. The van der Waals surface area contributed by atoms with E-state index in [4.69, 9.17) is 4.74 Å². The Bertz CT molecular complexity index is 316. The van der Waals surface area contributed by atoms with E-state index in [1.54, 1.807) is 12.1 Å². The molecule has 1 aromatic carbocycles. The van der Waals surface area contributed by atoms with Crippen LogP contribution in [0.3, 0.4) is 0 Å². The zero-order valence-corrected chi connectivity index (χ0v) is 9.26. The molecular weight excluding hydrogens is 198 g/mol. The predicted molar refractivity (Wildman–Crippen MR) is 56.6 cm³/mol. The predicted octanol–water partition coefficient (Wildman–Crippen LogP) is 3.63. The average molecular weight is 214 g/mol. The molecule has 0 saturated carbocycles. The van der Waals surface area contributed by atoms with Gasteiger partial charge in [-0.05, 0) is 17.0 Å². The van der Waals surface area contributed by atoms with E-state index < -0.39 is 13.0 Å². The number of para-hydroxylation sites is 1. The number of alkyl halides is 2. The van der Waals surface area contributed by atoms with Gasteiger partial charge in [-0.25, -0.2) is 8.78 Å². The standard InChI is InChI=1S/C12H16F2O/c1-12(2,3)9-6-4-5-7-10(9)15-8-11(13)14/h4-7,11H,8H2,1-3H3. The Morgan fingerprint density at radius 2 is 1.80 bits per heavy atom. The molecule has 0 fully saturated rings. The van der Waals surface area contributed by atoms with Gasteiger partial charge in [0.05, 0.1) is 0 Å². The van der Waals surface area contributed by atoms with E-state index in [0.29, 0.717) is 5.75 Å². The van der Waals surface area contributed by atoms with Crippen LogP contribution in [0.2, 0.25) is 0 Å². The normalized spacial score (nSPS) is 11.9. The fourth-order valence-electron chi connectivity index (χ4n) is 1.36. The lowest BCUT2D eigenvalue weighted by Gasteiger charge is -2.22. The molecule has 0 aliphatic heterocycles. The average Bonchev–Trinajstić information content (AvgIpc) is 2.13. The fraction of sp³-hybridized carbons (Fsp3) is 0.500. The smallest absolute Gasteiger partial charge is 0.272 e. The summed E-state index contributed by atoms with van der Waals surface area (Å²) in [5.74, 6) is 0.547. The minimum atomic E-state index is -2.43. The summed E-state index contributed by atoms with van der Waals surface area (Å²) in [6, 6.07) is 7.30. The van der Waals surface area contributed by atoms with Gasteiger partial charge >= 0.3 is 0 Å². The lowest BCUT2D eigenvalue weighted by atomic mass is 9.86. The van der Waals surface area contributed by atoms with Crippen molar-refractivity contribution in [1.29, 1.82) is 0 Å². The molecule has 0 saturated heterocycles. The summed E-state index contributed by atoms with van der Waals surface area (Å²) in [5, 5.41) is 0. The number of benzene rings is 1. The summed E-state index contributed by atoms with van der Waals surface area (Å²) in [6.07, 6.45) is -2.43. The number of ether oxygens (including phenoxy) is 1. The van der Waals surface area contributed by atoms with Crippen LogP contribution in [-0.4, -0.2) is 13.0 Å². The summed E-state index contributed by atoms with van der Waals surface area (Å²) in [7, 11) is 0. The Labute approximate surface area is 89.1 Å². The van der Waals surface area contributed by atoms with Gasteiger partial charge in [-0.3, -0.25) is 0 Å². The zero-order chi connectivity index (χ0) is 11.5. The van der Waals surface area contributed by atoms with E-state index in [0.717, 1.165) is 5.56 Å². The topological polar surface area (TPSA) is 9.23 Å². The Morgan fingerprint density at radius 3 is 2.33 bits per heavy atom. The Kier molecular flexibility index (Phi) is 3.66. The van der Waals surface area contributed by atoms with Gasteiger partial charge in [0, 0.05) is 0 Å². The van der Waals surface area contributed by atoms with Gasteiger partial charge in [-0.2, -0.15) is 0 Å². The van der Waals surface area contributed by atoms with E-state index in [1.807, 2.05) is 32.9 Å². The second-order valence-electron chi connectivity index (χ2n) is 4.45. The molecule has 0 aromatic heterocycles. The summed E-state index contributed by atoms with van der Waals surface area (Å²) in [4.78, 5) is 0. The Morgan fingerprint density at radius 1 is 1.20 bits per heavy atom. The van der Waals surface area contributed by atoms with Crippen molar-refractivity contribution in [1.82, 2.24) is 0 Å². The molecule has 0 aliphatic rings. The molecule has 0 bridgehead atoms. The van der Waals surface area contributed by atoms with Crippen molar-refractivity contribution >= 4 is 0 Å². The van der Waals surface area contributed by atoms with E-state index >= 15 is 0 Å². The van der Waals surface area contributed by atoms with Crippen molar-refractivity contribution in [3.63, 3.8) is 0 Å². The minimum Gasteiger partial charge on any atom is -0.487 e. The molecule has 0 amide bonds. The maximum Gasteiger partial charge on any atom is 0.272 e. The summed E-state index contributed by atoms with van der Waals surface area (Å²) >= 11 is 0. The maximum atomic E-state index is 12.0. The van der Waals surface area contributed by atoms with Gasteiger partial charge in [-0.15, -0.1) is 0 Å². The Hall–Kier alpha value is -1.12. The van der Waals surface area contributed by atoms with Gasteiger partial charge in [0.2, 0.25) is 0 Å².